The molecule has 0 fully saturated rings. The van der Waals surface area contributed by atoms with Crippen molar-refractivity contribution in [3.63, 3.8) is 0 Å². The van der Waals surface area contributed by atoms with Crippen molar-refractivity contribution < 1.29 is 26.3 Å². The van der Waals surface area contributed by atoms with E-state index in [4.69, 9.17) is 9.47 Å². The summed E-state index contributed by atoms with van der Waals surface area (Å²) in [6.45, 7) is 0.302. The molecule has 0 amide bonds. The van der Waals surface area contributed by atoms with Gasteiger partial charge in [-0.25, -0.2) is 16.8 Å². The third kappa shape index (κ3) is 4.62. The van der Waals surface area contributed by atoms with E-state index in [1.807, 2.05) is 0 Å². The molecule has 174 valence electrons. The minimum absolute atomic E-state index is 0.0729. The second kappa shape index (κ2) is 8.95. The molecular formula is C23H24N2O6S2. The number of nitrogens with one attached hydrogen (secondary N) is 1. The Morgan fingerprint density at radius 1 is 0.788 bits per heavy atom. The number of rotatable bonds is 7. The second-order valence-electron chi connectivity index (χ2n) is 7.48. The Bertz CT molecular complexity index is 1350. The van der Waals surface area contributed by atoms with Gasteiger partial charge in [0.2, 0.25) is 0 Å². The summed E-state index contributed by atoms with van der Waals surface area (Å²) in [5, 5.41) is 0. The molecular weight excluding hydrogens is 464 g/mol. The van der Waals surface area contributed by atoms with E-state index < -0.39 is 20.0 Å². The zero-order valence-electron chi connectivity index (χ0n) is 18.2. The molecule has 0 saturated carbocycles. The number of sulfonamides is 2. The van der Waals surface area contributed by atoms with Gasteiger partial charge in [0.25, 0.3) is 20.0 Å². The van der Waals surface area contributed by atoms with E-state index in [0.717, 1.165) is 5.56 Å². The van der Waals surface area contributed by atoms with Crippen LogP contribution in [0.4, 0.5) is 11.4 Å². The van der Waals surface area contributed by atoms with Gasteiger partial charge in [0.1, 0.15) is 11.5 Å². The van der Waals surface area contributed by atoms with Gasteiger partial charge in [-0.1, -0.05) is 6.07 Å². The fourth-order valence-electron chi connectivity index (χ4n) is 3.70. The average molecular weight is 489 g/mol. The summed E-state index contributed by atoms with van der Waals surface area (Å²) < 4.78 is 66.5. The molecule has 1 N–H and O–H groups in total. The van der Waals surface area contributed by atoms with Crippen LogP contribution in [0.1, 0.15) is 12.0 Å². The second-order valence-corrected chi connectivity index (χ2v) is 11.0. The van der Waals surface area contributed by atoms with Crippen molar-refractivity contribution in [2.24, 2.45) is 0 Å². The van der Waals surface area contributed by atoms with Crippen molar-refractivity contribution >= 4 is 31.4 Å². The summed E-state index contributed by atoms with van der Waals surface area (Å²) in [6, 6.07) is 17.2. The standard InChI is InChI=1S/C23H24N2O6S2/c1-30-19-7-11-21(12-8-19)32(26,27)24-18-6-5-17-4-3-15-25(23(17)16-18)33(28,29)22-13-9-20(31-2)10-14-22/h5-14,16,24H,3-4,15H2,1-2H3. The minimum Gasteiger partial charge on any atom is -0.497 e. The number of nitrogens with zero attached hydrogens (tertiary/aromatic N) is 1. The van der Waals surface area contributed by atoms with Gasteiger partial charge in [-0.3, -0.25) is 9.03 Å². The average Bonchev–Trinajstić information content (AvgIpc) is 2.83. The normalized spacial score (nSPS) is 13.8. The maximum Gasteiger partial charge on any atom is 0.264 e. The van der Waals surface area contributed by atoms with Gasteiger partial charge in [0, 0.05) is 6.54 Å². The Morgan fingerprint density at radius 3 is 1.94 bits per heavy atom. The van der Waals surface area contributed by atoms with Crippen LogP contribution in [-0.4, -0.2) is 37.6 Å². The van der Waals surface area contributed by atoms with Crippen molar-refractivity contribution in [3.8, 4) is 11.5 Å². The van der Waals surface area contributed by atoms with Gasteiger partial charge in [-0.2, -0.15) is 0 Å². The van der Waals surface area contributed by atoms with Crippen LogP contribution in [0.5, 0.6) is 11.5 Å². The lowest BCUT2D eigenvalue weighted by Gasteiger charge is -2.31. The summed E-state index contributed by atoms with van der Waals surface area (Å²) in [6.07, 6.45) is 1.37. The lowest BCUT2D eigenvalue weighted by molar-refractivity contribution is 0.414. The number of methoxy groups -OCH3 is 2. The largest absolute Gasteiger partial charge is 0.497 e. The molecule has 0 radical (unpaired) electrons. The minimum atomic E-state index is -3.87. The number of anilines is 2. The third-order valence-electron chi connectivity index (χ3n) is 5.43. The highest BCUT2D eigenvalue weighted by Crippen LogP contribution is 2.35. The number of aryl methyl sites for hydroxylation is 1. The van der Waals surface area contributed by atoms with Crippen LogP contribution >= 0.6 is 0 Å². The molecule has 0 aromatic heterocycles. The molecule has 0 spiro atoms. The highest BCUT2D eigenvalue weighted by Gasteiger charge is 2.29. The predicted molar refractivity (Wildman–Crippen MR) is 126 cm³/mol. The van der Waals surface area contributed by atoms with E-state index >= 15 is 0 Å². The van der Waals surface area contributed by atoms with Gasteiger partial charge >= 0.3 is 0 Å². The van der Waals surface area contributed by atoms with Crippen LogP contribution in [0.3, 0.4) is 0 Å². The molecule has 0 saturated heterocycles. The first-order valence-electron chi connectivity index (χ1n) is 10.2. The van der Waals surface area contributed by atoms with Gasteiger partial charge in [-0.15, -0.1) is 0 Å². The molecule has 0 atom stereocenters. The molecule has 3 aromatic rings. The van der Waals surface area contributed by atoms with Gasteiger partial charge in [0.05, 0.1) is 35.4 Å². The summed E-state index contributed by atoms with van der Waals surface area (Å²) in [5.74, 6) is 1.10. The first-order chi connectivity index (χ1) is 15.7. The Balaban J connectivity index is 1.66. The molecule has 10 heteroatoms. The quantitative estimate of drug-likeness (QED) is 0.545. The van der Waals surface area contributed by atoms with Crippen LogP contribution in [0, 0.1) is 0 Å². The molecule has 3 aromatic carbocycles. The summed E-state index contributed by atoms with van der Waals surface area (Å²) in [7, 11) is -4.69. The van der Waals surface area contributed by atoms with Crippen molar-refractivity contribution in [2.75, 3.05) is 29.8 Å². The number of fused-ring (bicyclic) bond motifs is 1. The zero-order chi connectivity index (χ0) is 23.6. The van der Waals surface area contributed by atoms with Crippen LogP contribution in [0.25, 0.3) is 0 Å². The Morgan fingerprint density at radius 2 is 1.36 bits per heavy atom. The lowest BCUT2D eigenvalue weighted by atomic mass is 10.0. The lowest BCUT2D eigenvalue weighted by Crippen LogP contribution is -2.35. The van der Waals surface area contributed by atoms with E-state index in [1.54, 1.807) is 42.5 Å². The third-order valence-corrected chi connectivity index (χ3v) is 8.66. The van der Waals surface area contributed by atoms with E-state index in [9.17, 15) is 16.8 Å². The Labute approximate surface area is 193 Å². The highest BCUT2D eigenvalue weighted by molar-refractivity contribution is 7.93. The summed E-state index contributed by atoms with van der Waals surface area (Å²) >= 11 is 0. The fourth-order valence-corrected chi connectivity index (χ4v) is 6.28. The topological polar surface area (TPSA) is 102 Å². The molecule has 0 unspecified atom stereocenters. The highest BCUT2D eigenvalue weighted by atomic mass is 32.2. The molecule has 0 bridgehead atoms. The van der Waals surface area contributed by atoms with Crippen molar-refractivity contribution in [1.29, 1.82) is 0 Å². The molecule has 33 heavy (non-hydrogen) atoms. The van der Waals surface area contributed by atoms with E-state index in [1.165, 1.54) is 42.8 Å². The maximum atomic E-state index is 13.4. The summed E-state index contributed by atoms with van der Waals surface area (Å²) in [4.78, 5) is 0.212. The van der Waals surface area contributed by atoms with Crippen LogP contribution < -0.4 is 18.5 Å². The fraction of sp³-hybridized carbons (Fsp3) is 0.217. The van der Waals surface area contributed by atoms with Crippen molar-refractivity contribution in [1.82, 2.24) is 0 Å². The SMILES string of the molecule is COc1ccc(S(=O)(=O)Nc2ccc3c(c2)N(S(=O)(=O)c2ccc(OC)cc2)CCC3)cc1. The molecule has 1 aliphatic rings. The molecule has 1 heterocycles. The maximum absolute atomic E-state index is 13.4. The zero-order valence-corrected chi connectivity index (χ0v) is 19.8. The number of ether oxygens (including phenoxy) is 2. The smallest absolute Gasteiger partial charge is 0.264 e. The van der Waals surface area contributed by atoms with Crippen LogP contribution in [0.15, 0.2) is 76.5 Å². The summed E-state index contributed by atoms with van der Waals surface area (Å²) in [5.41, 5.74) is 1.58. The van der Waals surface area contributed by atoms with Gasteiger partial charge in [-0.05, 0) is 79.1 Å². The van der Waals surface area contributed by atoms with Gasteiger partial charge in [0.15, 0.2) is 0 Å². The van der Waals surface area contributed by atoms with E-state index in [2.05, 4.69) is 4.72 Å². The molecule has 0 aliphatic carbocycles. The Hall–Kier alpha value is -3.24. The van der Waals surface area contributed by atoms with E-state index in [0.29, 0.717) is 36.6 Å². The number of hydrogen-bond acceptors (Lipinski definition) is 6. The predicted octanol–water partition coefficient (Wildman–Crippen LogP) is 3.65. The number of hydrogen-bond donors (Lipinski definition) is 1. The van der Waals surface area contributed by atoms with Crippen LogP contribution in [-0.2, 0) is 26.5 Å². The van der Waals surface area contributed by atoms with Crippen molar-refractivity contribution in [3.05, 3.63) is 72.3 Å². The molecule has 1 aliphatic heterocycles. The first-order valence-corrected chi connectivity index (χ1v) is 13.1. The molecule has 8 nitrogen and oxygen atoms in total. The van der Waals surface area contributed by atoms with Crippen molar-refractivity contribution in [2.45, 2.75) is 22.6 Å². The molecule has 4 rings (SSSR count). The first kappa shape index (κ1) is 22.9. The van der Waals surface area contributed by atoms with Crippen LogP contribution in [0.2, 0.25) is 0 Å². The number of benzene rings is 3. The van der Waals surface area contributed by atoms with Gasteiger partial charge < -0.3 is 9.47 Å². The monoisotopic (exact) mass is 488 g/mol. The Kier molecular flexibility index (Phi) is 6.22. The van der Waals surface area contributed by atoms with E-state index in [-0.39, 0.29) is 15.5 Å².